The molecule has 1 saturated carbocycles. The number of nitrogens with zero attached hydrogens (tertiary/aromatic N) is 3. The Morgan fingerprint density at radius 3 is 2.38 bits per heavy atom. The van der Waals surface area contributed by atoms with E-state index < -0.39 is 0 Å². The van der Waals surface area contributed by atoms with Gasteiger partial charge in [-0.25, -0.2) is 0 Å². The van der Waals surface area contributed by atoms with E-state index in [0.717, 1.165) is 51.1 Å². The van der Waals surface area contributed by atoms with Gasteiger partial charge in [0.15, 0.2) is 5.96 Å². The third-order valence-corrected chi connectivity index (χ3v) is 5.23. The van der Waals surface area contributed by atoms with Gasteiger partial charge in [-0.2, -0.15) is 0 Å². The molecule has 0 heterocycles. The Morgan fingerprint density at radius 1 is 1.12 bits per heavy atom. The number of guanidine groups is 1. The van der Waals surface area contributed by atoms with Crippen LogP contribution in [0.2, 0.25) is 0 Å². The monoisotopic (exact) mass is 483 g/mol. The number of halogens is 1. The molecule has 26 heavy (non-hydrogen) atoms. The minimum absolute atomic E-state index is 0. The highest BCUT2D eigenvalue weighted by Crippen LogP contribution is 2.27. The lowest BCUT2D eigenvalue weighted by molar-refractivity contribution is 0.171. The molecule has 0 aromatic carbocycles. The molecule has 0 spiro atoms. The average molecular weight is 483 g/mol. The zero-order valence-corrected chi connectivity index (χ0v) is 19.9. The summed E-state index contributed by atoms with van der Waals surface area (Å²) in [5, 5.41) is 6.97. The third-order valence-electron chi connectivity index (χ3n) is 5.23. The van der Waals surface area contributed by atoms with Crippen LogP contribution in [0, 0.1) is 5.92 Å². The van der Waals surface area contributed by atoms with Crippen molar-refractivity contribution < 1.29 is 4.74 Å². The quantitative estimate of drug-likeness (QED) is 0.204. The van der Waals surface area contributed by atoms with Crippen LogP contribution in [-0.2, 0) is 4.74 Å². The second-order valence-electron chi connectivity index (χ2n) is 7.46. The minimum Gasteiger partial charge on any atom is -0.385 e. The van der Waals surface area contributed by atoms with Gasteiger partial charge in [-0.1, -0.05) is 19.3 Å². The number of nitrogens with one attached hydrogen (secondary N) is 2. The first kappa shape index (κ1) is 25.9. The summed E-state index contributed by atoms with van der Waals surface area (Å²) in [7, 11) is 10.2. The average Bonchev–Trinajstić information content (AvgIpc) is 2.61. The van der Waals surface area contributed by atoms with Crippen LogP contribution < -0.4 is 10.6 Å². The topological polar surface area (TPSA) is 52.1 Å². The maximum atomic E-state index is 5.10. The Labute approximate surface area is 178 Å². The first-order valence-electron chi connectivity index (χ1n) is 9.87. The Kier molecular flexibility index (Phi) is 15.8. The number of ether oxygens (including phenoxy) is 1. The van der Waals surface area contributed by atoms with Crippen LogP contribution in [0.15, 0.2) is 4.99 Å². The second-order valence-corrected chi connectivity index (χ2v) is 7.46. The van der Waals surface area contributed by atoms with Crippen LogP contribution in [0.25, 0.3) is 0 Å². The molecule has 0 radical (unpaired) electrons. The molecule has 6 nitrogen and oxygen atoms in total. The molecule has 1 aliphatic carbocycles. The predicted molar refractivity (Wildman–Crippen MR) is 123 cm³/mol. The Hall–Kier alpha value is -0.120. The Balaban J connectivity index is 0.00000625. The molecular weight excluding hydrogens is 441 g/mol. The van der Waals surface area contributed by atoms with Crippen molar-refractivity contribution >= 4 is 29.9 Å². The summed E-state index contributed by atoms with van der Waals surface area (Å²) in [6.45, 7) is 4.75. The maximum Gasteiger partial charge on any atom is 0.191 e. The first-order chi connectivity index (χ1) is 12.1. The van der Waals surface area contributed by atoms with Crippen LogP contribution in [0.1, 0.15) is 38.5 Å². The molecule has 0 amide bonds. The number of rotatable bonds is 11. The lowest BCUT2D eigenvalue weighted by Crippen LogP contribution is -2.49. The van der Waals surface area contributed by atoms with Crippen LogP contribution in [0.5, 0.6) is 0 Å². The van der Waals surface area contributed by atoms with E-state index in [1.54, 1.807) is 7.11 Å². The fourth-order valence-electron chi connectivity index (χ4n) is 3.67. The molecule has 0 aliphatic heterocycles. The summed E-state index contributed by atoms with van der Waals surface area (Å²) >= 11 is 0. The van der Waals surface area contributed by atoms with Gasteiger partial charge in [0.2, 0.25) is 0 Å². The Bertz CT molecular complexity index is 362. The van der Waals surface area contributed by atoms with Gasteiger partial charge in [0, 0.05) is 53.0 Å². The fraction of sp³-hybridized carbons (Fsp3) is 0.947. The summed E-state index contributed by atoms with van der Waals surface area (Å²) in [6, 6.07) is 0.579. The van der Waals surface area contributed by atoms with E-state index in [0.29, 0.717) is 6.04 Å². The summed E-state index contributed by atoms with van der Waals surface area (Å²) in [5.41, 5.74) is 0. The van der Waals surface area contributed by atoms with Gasteiger partial charge >= 0.3 is 0 Å². The van der Waals surface area contributed by atoms with Gasteiger partial charge in [0.1, 0.15) is 0 Å². The van der Waals surface area contributed by atoms with Crippen molar-refractivity contribution in [3.8, 4) is 0 Å². The summed E-state index contributed by atoms with van der Waals surface area (Å²) in [5.74, 6) is 1.72. The molecule has 1 aliphatic rings. The van der Waals surface area contributed by atoms with Crippen LogP contribution in [0.3, 0.4) is 0 Å². The normalized spacial score (nSPS) is 17.3. The zero-order chi connectivity index (χ0) is 18.5. The molecule has 1 rings (SSSR count). The van der Waals surface area contributed by atoms with Crippen molar-refractivity contribution in [3.05, 3.63) is 0 Å². The highest BCUT2D eigenvalue weighted by Gasteiger charge is 2.25. The lowest BCUT2D eigenvalue weighted by atomic mass is 9.83. The molecule has 1 atom stereocenters. The molecule has 0 aromatic heterocycles. The van der Waals surface area contributed by atoms with E-state index in [9.17, 15) is 0 Å². The molecule has 1 fully saturated rings. The van der Waals surface area contributed by atoms with E-state index in [-0.39, 0.29) is 24.0 Å². The van der Waals surface area contributed by atoms with Gasteiger partial charge in [-0.3, -0.25) is 4.99 Å². The minimum atomic E-state index is 0. The van der Waals surface area contributed by atoms with Crippen molar-refractivity contribution in [2.24, 2.45) is 10.9 Å². The largest absolute Gasteiger partial charge is 0.385 e. The van der Waals surface area contributed by atoms with Gasteiger partial charge in [0.25, 0.3) is 0 Å². The van der Waals surface area contributed by atoms with E-state index in [1.165, 1.54) is 32.1 Å². The summed E-state index contributed by atoms with van der Waals surface area (Å²) < 4.78 is 5.10. The highest BCUT2D eigenvalue weighted by atomic mass is 127. The number of aliphatic imine (C=N–C) groups is 1. The first-order valence-corrected chi connectivity index (χ1v) is 9.87. The molecule has 0 aromatic rings. The van der Waals surface area contributed by atoms with Gasteiger partial charge in [-0.05, 0) is 46.3 Å². The van der Waals surface area contributed by atoms with Crippen molar-refractivity contribution in [1.29, 1.82) is 0 Å². The van der Waals surface area contributed by atoms with E-state index >= 15 is 0 Å². The molecule has 0 bridgehead atoms. The molecule has 156 valence electrons. The molecule has 0 saturated heterocycles. The second kappa shape index (κ2) is 15.9. The van der Waals surface area contributed by atoms with Crippen LogP contribution in [0.4, 0.5) is 0 Å². The molecular formula is C19H42IN5O. The molecule has 2 N–H and O–H groups in total. The maximum absolute atomic E-state index is 5.10. The standard InChI is InChI=1S/C19H41N5O.HI/c1-20-19(21-12-14-24(4)13-9-15-25-5)22-16-18(23(2)3)17-10-7-6-8-11-17;/h17-18H,6-16H2,1-5H3,(H2,20,21,22);1H. The van der Waals surface area contributed by atoms with Crippen LogP contribution >= 0.6 is 24.0 Å². The van der Waals surface area contributed by atoms with E-state index in [1.807, 2.05) is 7.05 Å². The lowest BCUT2D eigenvalue weighted by Gasteiger charge is -2.35. The zero-order valence-electron chi connectivity index (χ0n) is 17.6. The predicted octanol–water partition coefficient (Wildman–Crippen LogP) is 2.25. The summed E-state index contributed by atoms with van der Waals surface area (Å²) in [4.78, 5) is 9.07. The SMILES string of the molecule is CN=C(NCCN(C)CCCOC)NCC(C1CCCCC1)N(C)C.I. The van der Waals surface area contributed by atoms with E-state index in [4.69, 9.17) is 4.74 Å². The Morgan fingerprint density at radius 2 is 1.81 bits per heavy atom. The van der Waals surface area contributed by atoms with Crippen molar-refractivity contribution in [1.82, 2.24) is 20.4 Å². The van der Waals surface area contributed by atoms with Crippen molar-refractivity contribution in [2.75, 3.05) is 68.1 Å². The van der Waals surface area contributed by atoms with Gasteiger partial charge < -0.3 is 25.2 Å². The fourth-order valence-corrected chi connectivity index (χ4v) is 3.67. The van der Waals surface area contributed by atoms with Crippen molar-refractivity contribution in [3.63, 3.8) is 0 Å². The van der Waals surface area contributed by atoms with Crippen molar-refractivity contribution in [2.45, 2.75) is 44.6 Å². The van der Waals surface area contributed by atoms with Gasteiger partial charge in [0.05, 0.1) is 0 Å². The number of likely N-dealkylation sites (N-methyl/N-ethyl adjacent to an activating group) is 2. The highest BCUT2D eigenvalue weighted by molar-refractivity contribution is 14.0. The third kappa shape index (κ3) is 10.9. The molecule has 7 heteroatoms. The summed E-state index contributed by atoms with van der Waals surface area (Å²) in [6.07, 6.45) is 7.98. The number of hydrogen-bond acceptors (Lipinski definition) is 4. The smallest absolute Gasteiger partial charge is 0.191 e. The van der Waals surface area contributed by atoms with E-state index in [2.05, 4.69) is 46.6 Å². The number of hydrogen-bond donors (Lipinski definition) is 2. The number of methoxy groups -OCH3 is 1. The van der Waals surface area contributed by atoms with Gasteiger partial charge in [-0.15, -0.1) is 24.0 Å². The van der Waals surface area contributed by atoms with Crippen LogP contribution in [-0.4, -0.2) is 89.9 Å². The molecule has 1 unspecified atom stereocenters.